The number of carbonyl (C=O) groups is 1. The molecule has 6 heteroatoms. The first-order valence-electron chi connectivity index (χ1n) is 7.74. The van der Waals surface area contributed by atoms with Crippen LogP contribution in [0.2, 0.25) is 0 Å². The molecule has 0 amide bonds. The molecule has 2 N–H and O–H groups in total. The van der Waals surface area contributed by atoms with Gasteiger partial charge in [0.05, 0.1) is 12.1 Å². The molecule has 0 spiro atoms. The van der Waals surface area contributed by atoms with Crippen molar-refractivity contribution in [1.29, 1.82) is 0 Å². The molecule has 0 saturated carbocycles. The van der Waals surface area contributed by atoms with Crippen LogP contribution in [-0.4, -0.2) is 16.1 Å². The largest absolute Gasteiger partial charge is 0.481 e. The highest BCUT2D eigenvalue weighted by atomic mass is 79.9. The van der Waals surface area contributed by atoms with Crippen LogP contribution in [0, 0.1) is 13.8 Å². The molecule has 2 aromatic carbocycles. The average molecular weight is 417 g/mol. The second-order valence-electron chi connectivity index (χ2n) is 5.81. The molecule has 0 radical (unpaired) electrons. The zero-order chi connectivity index (χ0) is 18.0. The number of carboxylic acid groups (broad SMARTS) is 1. The molecule has 0 atom stereocenters. The van der Waals surface area contributed by atoms with Crippen LogP contribution in [0.3, 0.4) is 0 Å². The number of aromatic nitrogens is 1. The lowest BCUT2D eigenvalue weighted by atomic mass is 10.0. The van der Waals surface area contributed by atoms with Crippen molar-refractivity contribution in [1.82, 2.24) is 4.98 Å². The van der Waals surface area contributed by atoms with Crippen LogP contribution in [0.1, 0.15) is 16.0 Å². The minimum Gasteiger partial charge on any atom is -0.481 e. The topological polar surface area (TPSA) is 62.2 Å². The average Bonchev–Trinajstić information content (AvgIpc) is 2.93. The number of rotatable bonds is 5. The third kappa shape index (κ3) is 4.27. The lowest BCUT2D eigenvalue weighted by Crippen LogP contribution is -2.00. The molecular weight excluding hydrogens is 400 g/mol. The molecule has 128 valence electrons. The van der Waals surface area contributed by atoms with Crippen LogP contribution in [0.5, 0.6) is 0 Å². The first-order valence-corrected chi connectivity index (χ1v) is 9.35. The van der Waals surface area contributed by atoms with Gasteiger partial charge >= 0.3 is 5.97 Å². The van der Waals surface area contributed by atoms with E-state index in [1.807, 2.05) is 50.2 Å². The second-order valence-corrected chi connectivity index (χ2v) is 7.81. The van der Waals surface area contributed by atoms with Crippen LogP contribution in [0.15, 0.2) is 46.9 Å². The number of anilines is 2. The number of hydrogen-bond donors (Lipinski definition) is 2. The number of aliphatic carboxylic acids is 1. The monoisotopic (exact) mass is 416 g/mol. The van der Waals surface area contributed by atoms with Crippen LogP contribution in [-0.2, 0) is 11.2 Å². The number of benzene rings is 2. The molecule has 0 aliphatic heterocycles. The SMILES string of the molecule is Cc1ccc(C)c(-c2nc(Nc3ccc(Br)cc3)sc2CC(=O)O)c1. The number of thiazole rings is 1. The summed E-state index contributed by atoms with van der Waals surface area (Å²) < 4.78 is 1.000. The molecule has 3 rings (SSSR count). The summed E-state index contributed by atoms with van der Waals surface area (Å²) in [5.41, 5.74) is 4.84. The van der Waals surface area contributed by atoms with Gasteiger partial charge in [0.2, 0.25) is 0 Å². The van der Waals surface area contributed by atoms with E-state index in [2.05, 4.69) is 32.3 Å². The first kappa shape index (κ1) is 17.6. The number of carboxylic acids is 1. The van der Waals surface area contributed by atoms with Gasteiger partial charge in [-0.25, -0.2) is 4.98 Å². The summed E-state index contributed by atoms with van der Waals surface area (Å²) in [7, 11) is 0. The maximum atomic E-state index is 11.3. The fourth-order valence-electron chi connectivity index (χ4n) is 2.52. The van der Waals surface area contributed by atoms with E-state index in [0.29, 0.717) is 5.13 Å². The van der Waals surface area contributed by atoms with Crippen molar-refractivity contribution < 1.29 is 9.90 Å². The second kappa shape index (κ2) is 7.37. The van der Waals surface area contributed by atoms with Gasteiger partial charge in [0, 0.05) is 20.6 Å². The quantitative estimate of drug-likeness (QED) is 0.571. The van der Waals surface area contributed by atoms with Crippen molar-refractivity contribution in [3.05, 3.63) is 62.9 Å². The number of hydrogen-bond acceptors (Lipinski definition) is 4. The Labute approximate surface area is 158 Å². The van der Waals surface area contributed by atoms with E-state index in [1.54, 1.807) is 0 Å². The zero-order valence-corrected chi connectivity index (χ0v) is 16.2. The van der Waals surface area contributed by atoms with Crippen molar-refractivity contribution >= 4 is 44.1 Å². The van der Waals surface area contributed by atoms with E-state index in [0.717, 1.165) is 37.4 Å². The maximum Gasteiger partial charge on any atom is 0.308 e. The highest BCUT2D eigenvalue weighted by Crippen LogP contribution is 2.35. The molecule has 0 aliphatic rings. The predicted molar refractivity (Wildman–Crippen MR) is 106 cm³/mol. The third-order valence-electron chi connectivity index (χ3n) is 3.75. The standard InChI is InChI=1S/C19H17BrN2O2S/c1-11-3-4-12(2)15(9-11)18-16(10-17(23)24)25-19(22-18)21-14-7-5-13(20)6-8-14/h3-9H,10H2,1-2H3,(H,21,22)(H,23,24). The zero-order valence-electron chi connectivity index (χ0n) is 13.8. The summed E-state index contributed by atoms with van der Waals surface area (Å²) in [6, 6.07) is 13.9. The van der Waals surface area contributed by atoms with Crippen LogP contribution in [0.25, 0.3) is 11.3 Å². The summed E-state index contributed by atoms with van der Waals surface area (Å²) in [6.07, 6.45) is -0.0393. The first-order chi connectivity index (χ1) is 11.9. The third-order valence-corrected chi connectivity index (χ3v) is 5.25. The summed E-state index contributed by atoms with van der Waals surface area (Å²) in [5, 5.41) is 13.2. The smallest absolute Gasteiger partial charge is 0.308 e. The van der Waals surface area contributed by atoms with E-state index < -0.39 is 5.97 Å². The van der Waals surface area contributed by atoms with Gasteiger partial charge in [-0.3, -0.25) is 4.79 Å². The summed E-state index contributed by atoms with van der Waals surface area (Å²) in [4.78, 5) is 16.7. The fourth-order valence-corrected chi connectivity index (χ4v) is 3.77. The number of nitrogens with one attached hydrogen (secondary N) is 1. The molecule has 0 bridgehead atoms. The molecule has 0 fully saturated rings. The van der Waals surface area contributed by atoms with Gasteiger partial charge in [-0.2, -0.15) is 0 Å². The molecule has 1 aromatic heterocycles. The van der Waals surface area contributed by atoms with Gasteiger partial charge in [-0.05, 0) is 49.7 Å². The Hall–Kier alpha value is -2.18. The highest BCUT2D eigenvalue weighted by Gasteiger charge is 2.17. The normalized spacial score (nSPS) is 10.7. The van der Waals surface area contributed by atoms with Crippen molar-refractivity contribution in [2.45, 2.75) is 20.3 Å². The minimum atomic E-state index is -0.856. The van der Waals surface area contributed by atoms with Gasteiger partial charge in [-0.15, -0.1) is 11.3 Å². The van der Waals surface area contributed by atoms with Gasteiger partial charge < -0.3 is 10.4 Å². The highest BCUT2D eigenvalue weighted by molar-refractivity contribution is 9.10. The Kier molecular flexibility index (Phi) is 5.20. The van der Waals surface area contributed by atoms with E-state index in [1.165, 1.54) is 11.3 Å². The van der Waals surface area contributed by atoms with Crippen molar-refractivity contribution in [3.63, 3.8) is 0 Å². The summed E-state index contributed by atoms with van der Waals surface area (Å²) in [6.45, 7) is 4.04. The molecule has 1 heterocycles. The molecular formula is C19H17BrN2O2S. The Balaban J connectivity index is 2.01. The van der Waals surface area contributed by atoms with Crippen LogP contribution >= 0.6 is 27.3 Å². The Morgan fingerprint density at radius 2 is 1.92 bits per heavy atom. The predicted octanol–water partition coefficient (Wildman–Crippen LogP) is 5.56. The number of nitrogens with zero attached hydrogens (tertiary/aromatic N) is 1. The van der Waals surface area contributed by atoms with Crippen molar-refractivity contribution in [3.8, 4) is 11.3 Å². The van der Waals surface area contributed by atoms with Crippen LogP contribution < -0.4 is 5.32 Å². The van der Waals surface area contributed by atoms with Crippen molar-refractivity contribution in [2.75, 3.05) is 5.32 Å². The van der Waals surface area contributed by atoms with Gasteiger partial charge in [0.1, 0.15) is 0 Å². The maximum absolute atomic E-state index is 11.3. The Bertz CT molecular complexity index is 920. The summed E-state index contributed by atoms with van der Waals surface area (Å²) in [5.74, 6) is -0.856. The fraction of sp³-hybridized carbons (Fsp3) is 0.158. The van der Waals surface area contributed by atoms with E-state index in [4.69, 9.17) is 0 Å². The van der Waals surface area contributed by atoms with E-state index in [9.17, 15) is 9.90 Å². The lowest BCUT2D eigenvalue weighted by molar-refractivity contribution is -0.136. The van der Waals surface area contributed by atoms with Crippen LogP contribution in [0.4, 0.5) is 10.8 Å². The molecule has 0 aliphatic carbocycles. The minimum absolute atomic E-state index is 0.0393. The lowest BCUT2D eigenvalue weighted by Gasteiger charge is -2.06. The molecule has 4 nitrogen and oxygen atoms in total. The Morgan fingerprint density at radius 3 is 2.60 bits per heavy atom. The molecule has 0 saturated heterocycles. The molecule has 0 unspecified atom stereocenters. The number of aryl methyl sites for hydroxylation is 2. The Morgan fingerprint density at radius 1 is 1.20 bits per heavy atom. The van der Waals surface area contributed by atoms with Crippen molar-refractivity contribution in [2.24, 2.45) is 0 Å². The molecule has 3 aromatic rings. The molecule has 25 heavy (non-hydrogen) atoms. The van der Waals surface area contributed by atoms with E-state index >= 15 is 0 Å². The van der Waals surface area contributed by atoms with E-state index in [-0.39, 0.29) is 6.42 Å². The summed E-state index contributed by atoms with van der Waals surface area (Å²) >= 11 is 4.79. The number of halogens is 1. The van der Waals surface area contributed by atoms with Gasteiger partial charge in [0.15, 0.2) is 5.13 Å². The van der Waals surface area contributed by atoms with Gasteiger partial charge in [-0.1, -0.05) is 33.6 Å². The van der Waals surface area contributed by atoms with Gasteiger partial charge in [0.25, 0.3) is 0 Å².